The van der Waals surface area contributed by atoms with E-state index in [4.69, 9.17) is 4.74 Å². The number of carbonyl (C=O) groups is 2. The number of nitrogens with zero attached hydrogens (tertiary/aromatic N) is 1. The van der Waals surface area contributed by atoms with Gasteiger partial charge in [0.1, 0.15) is 6.10 Å². The molecule has 0 atom stereocenters. The molecule has 0 aromatic carbocycles. The molecule has 130 valence electrons. The predicted octanol–water partition coefficient (Wildman–Crippen LogP) is 3.46. The van der Waals surface area contributed by atoms with E-state index in [1.54, 1.807) is 30.5 Å². The fourth-order valence-corrected chi connectivity index (χ4v) is 2.98. The second-order valence-electron chi connectivity index (χ2n) is 6.25. The van der Waals surface area contributed by atoms with Crippen LogP contribution in [0.5, 0.6) is 0 Å². The van der Waals surface area contributed by atoms with Crippen molar-refractivity contribution in [1.29, 1.82) is 0 Å². The summed E-state index contributed by atoms with van der Waals surface area (Å²) in [4.78, 5) is 28.4. The quantitative estimate of drug-likeness (QED) is 0.854. The molecule has 3 rings (SSSR count). The topological polar surface area (TPSA) is 68.3 Å². The lowest BCUT2D eigenvalue weighted by molar-refractivity contribution is -0.145. The average Bonchev–Trinajstić information content (AvgIpc) is 2.89. The minimum absolute atomic E-state index is 0.0384. The number of nitrogens with one attached hydrogen (secondary N) is 1. The van der Waals surface area contributed by atoms with Crippen LogP contribution in [-0.4, -0.2) is 23.0 Å². The zero-order valence-electron chi connectivity index (χ0n) is 14.1. The van der Waals surface area contributed by atoms with Gasteiger partial charge < -0.3 is 10.1 Å². The van der Waals surface area contributed by atoms with Gasteiger partial charge in [0.05, 0.1) is 11.1 Å². The zero-order chi connectivity index (χ0) is 17.5. The molecule has 2 aliphatic rings. The molecule has 2 aliphatic carbocycles. The standard InChI is InChI=1S/C20H22N2O3/c23-19(16-7-5-13-21-14-16)22-17-8-4-6-15(11-12-17)20(24)25-18-9-2-1-3-10-18/h5-8,11-14,18H,1-4,9-10H2,(H,22,23). The van der Waals surface area contributed by atoms with Gasteiger partial charge in [-0.1, -0.05) is 18.6 Å². The number of allylic oxidation sites excluding steroid dienone is 3. The summed E-state index contributed by atoms with van der Waals surface area (Å²) in [5, 5.41) is 2.83. The first kappa shape index (κ1) is 17.1. The molecule has 0 spiro atoms. The Balaban J connectivity index is 1.56. The molecule has 1 amide bonds. The van der Waals surface area contributed by atoms with E-state index < -0.39 is 0 Å². The largest absolute Gasteiger partial charge is 0.459 e. The van der Waals surface area contributed by atoms with Gasteiger partial charge in [0, 0.05) is 18.1 Å². The molecule has 1 saturated carbocycles. The third kappa shape index (κ3) is 4.89. The number of hydrogen-bond donors (Lipinski definition) is 1. The van der Waals surface area contributed by atoms with E-state index in [0.29, 0.717) is 23.3 Å². The van der Waals surface area contributed by atoms with Crippen LogP contribution >= 0.6 is 0 Å². The van der Waals surface area contributed by atoms with E-state index in [9.17, 15) is 9.59 Å². The van der Waals surface area contributed by atoms with E-state index in [-0.39, 0.29) is 18.0 Å². The summed E-state index contributed by atoms with van der Waals surface area (Å²) in [5.74, 6) is -0.506. The van der Waals surface area contributed by atoms with E-state index in [0.717, 1.165) is 25.7 Å². The van der Waals surface area contributed by atoms with Crippen LogP contribution < -0.4 is 5.32 Å². The fourth-order valence-electron chi connectivity index (χ4n) is 2.98. The summed E-state index contributed by atoms with van der Waals surface area (Å²) >= 11 is 0. The summed E-state index contributed by atoms with van der Waals surface area (Å²) in [6.45, 7) is 0. The lowest BCUT2D eigenvalue weighted by atomic mass is 9.98. The molecular weight excluding hydrogens is 316 g/mol. The predicted molar refractivity (Wildman–Crippen MR) is 94.6 cm³/mol. The van der Waals surface area contributed by atoms with Gasteiger partial charge in [-0.3, -0.25) is 9.78 Å². The highest BCUT2D eigenvalue weighted by molar-refractivity contribution is 5.95. The second-order valence-corrected chi connectivity index (χ2v) is 6.25. The fraction of sp³-hybridized carbons (Fsp3) is 0.350. The highest BCUT2D eigenvalue weighted by Gasteiger charge is 2.19. The van der Waals surface area contributed by atoms with Crippen molar-refractivity contribution in [3.05, 3.63) is 65.7 Å². The van der Waals surface area contributed by atoms with Crippen molar-refractivity contribution in [3.8, 4) is 0 Å². The van der Waals surface area contributed by atoms with Crippen molar-refractivity contribution in [2.45, 2.75) is 44.6 Å². The Morgan fingerprint density at radius 2 is 1.96 bits per heavy atom. The number of hydrogen-bond acceptors (Lipinski definition) is 4. The number of esters is 1. The second kappa shape index (κ2) is 8.42. The molecule has 5 nitrogen and oxygen atoms in total. The molecule has 1 N–H and O–H groups in total. The molecule has 0 radical (unpaired) electrons. The van der Waals surface area contributed by atoms with E-state index in [1.807, 2.05) is 12.2 Å². The Morgan fingerprint density at radius 3 is 2.72 bits per heavy atom. The van der Waals surface area contributed by atoms with E-state index in [1.165, 1.54) is 12.6 Å². The molecule has 1 heterocycles. The Kier molecular flexibility index (Phi) is 5.77. The van der Waals surface area contributed by atoms with Crippen molar-refractivity contribution >= 4 is 11.9 Å². The summed E-state index contributed by atoms with van der Waals surface area (Å²) in [6.07, 6.45) is 16.2. The molecule has 0 bridgehead atoms. The Morgan fingerprint density at radius 1 is 1.12 bits per heavy atom. The van der Waals surface area contributed by atoms with E-state index >= 15 is 0 Å². The summed E-state index contributed by atoms with van der Waals surface area (Å²) < 4.78 is 5.59. The smallest absolute Gasteiger partial charge is 0.338 e. The van der Waals surface area contributed by atoms with Crippen LogP contribution in [0.4, 0.5) is 0 Å². The number of pyridine rings is 1. The lowest BCUT2D eigenvalue weighted by Gasteiger charge is -2.21. The molecule has 1 aromatic heterocycles. The lowest BCUT2D eigenvalue weighted by Crippen LogP contribution is -2.22. The molecule has 0 aliphatic heterocycles. The SMILES string of the molecule is O=C(OC1CCCCC1)C1=CCC=C(NC(=O)c2cccnc2)C=C1. The zero-order valence-corrected chi connectivity index (χ0v) is 14.1. The maximum atomic E-state index is 12.3. The molecule has 25 heavy (non-hydrogen) atoms. The van der Waals surface area contributed by atoms with Crippen LogP contribution in [0.1, 0.15) is 48.9 Å². The molecule has 1 aromatic rings. The van der Waals surface area contributed by atoms with Gasteiger partial charge in [-0.2, -0.15) is 0 Å². The number of ether oxygens (including phenoxy) is 1. The van der Waals surface area contributed by atoms with E-state index in [2.05, 4.69) is 10.3 Å². The van der Waals surface area contributed by atoms with Gasteiger partial charge in [-0.05, 0) is 56.4 Å². The number of amides is 1. The van der Waals surface area contributed by atoms with Crippen LogP contribution in [0.3, 0.4) is 0 Å². The van der Waals surface area contributed by atoms with Gasteiger partial charge >= 0.3 is 5.97 Å². The van der Waals surface area contributed by atoms with Gasteiger partial charge in [0.15, 0.2) is 0 Å². The minimum Gasteiger partial charge on any atom is -0.459 e. The van der Waals surface area contributed by atoms with Gasteiger partial charge in [0.2, 0.25) is 0 Å². The van der Waals surface area contributed by atoms with Gasteiger partial charge in [-0.25, -0.2) is 4.79 Å². The first-order chi connectivity index (χ1) is 12.2. The Bertz CT molecular complexity index is 714. The maximum absolute atomic E-state index is 12.3. The number of carbonyl (C=O) groups excluding carboxylic acids is 2. The van der Waals surface area contributed by atoms with Crippen LogP contribution in [0, 0.1) is 0 Å². The van der Waals surface area contributed by atoms with Gasteiger partial charge in [-0.15, -0.1) is 0 Å². The van der Waals surface area contributed by atoms with Crippen molar-refractivity contribution < 1.29 is 14.3 Å². The first-order valence-corrected chi connectivity index (χ1v) is 8.73. The molecule has 1 fully saturated rings. The summed E-state index contributed by atoms with van der Waals surface area (Å²) in [6, 6.07) is 3.42. The molecule has 0 saturated heterocycles. The monoisotopic (exact) mass is 338 g/mol. The van der Waals surface area contributed by atoms with Crippen LogP contribution in [0.25, 0.3) is 0 Å². The minimum atomic E-state index is -0.281. The van der Waals surface area contributed by atoms with Crippen LogP contribution in [-0.2, 0) is 9.53 Å². The Labute approximate surface area is 147 Å². The van der Waals surface area contributed by atoms with Crippen molar-refractivity contribution in [1.82, 2.24) is 10.3 Å². The van der Waals surface area contributed by atoms with Crippen molar-refractivity contribution in [3.63, 3.8) is 0 Å². The molecule has 0 unspecified atom stereocenters. The van der Waals surface area contributed by atoms with Crippen LogP contribution in [0.15, 0.2) is 60.1 Å². The number of rotatable bonds is 4. The summed E-state index contributed by atoms with van der Waals surface area (Å²) in [7, 11) is 0. The van der Waals surface area contributed by atoms with Crippen molar-refractivity contribution in [2.24, 2.45) is 0 Å². The van der Waals surface area contributed by atoms with Crippen molar-refractivity contribution in [2.75, 3.05) is 0 Å². The Hall–Kier alpha value is -2.69. The third-order valence-electron chi connectivity index (χ3n) is 4.36. The highest BCUT2D eigenvalue weighted by Crippen LogP contribution is 2.22. The summed E-state index contributed by atoms with van der Waals surface area (Å²) in [5.41, 5.74) is 1.68. The third-order valence-corrected chi connectivity index (χ3v) is 4.36. The van der Waals surface area contributed by atoms with Gasteiger partial charge in [0.25, 0.3) is 5.91 Å². The molecule has 5 heteroatoms. The normalized spacial score (nSPS) is 17.9. The average molecular weight is 338 g/mol. The highest BCUT2D eigenvalue weighted by atomic mass is 16.5. The first-order valence-electron chi connectivity index (χ1n) is 8.73. The van der Waals surface area contributed by atoms with Crippen LogP contribution in [0.2, 0.25) is 0 Å². The maximum Gasteiger partial charge on any atom is 0.338 e. The molecular formula is C20H22N2O3. The number of aromatic nitrogens is 1.